The first kappa shape index (κ1) is 13.2. The van der Waals surface area contributed by atoms with Crippen molar-refractivity contribution in [1.82, 2.24) is 15.3 Å². The average Bonchev–Trinajstić information content (AvgIpc) is 2.48. The molecule has 19 heavy (non-hydrogen) atoms. The van der Waals surface area contributed by atoms with E-state index in [4.69, 9.17) is 0 Å². The lowest BCUT2D eigenvalue weighted by atomic mass is 10.1. The van der Waals surface area contributed by atoms with Crippen LogP contribution in [-0.4, -0.2) is 41.0 Å². The Labute approximate surface area is 111 Å². The van der Waals surface area contributed by atoms with Gasteiger partial charge < -0.3 is 4.90 Å². The second-order valence-electron chi connectivity index (χ2n) is 4.34. The van der Waals surface area contributed by atoms with E-state index in [1.165, 1.54) is 6.21 Å². The summed E-state index contributed by atoms with van der Waals surface area (Å²) in [5.74, 6) is -1.20. The fourth-order valence-corrected chi connectivity index (χ4v) is 1.91. The Bertz CT molecular complexity index is 467. The topological polar surface area (TPSA) is 74.7 Å². The van der Waals surface area contributed by atoms with Gasteiger partial charge >= 0.3 is 11.8 Å². The maximum absolute atomic E-state index is 11.8. The van der Waals surface area contributed by atoms with Crippen LogP contribution in [0.25, 0.3) is 0 Å². The summed E-state index contributed by atoms with van der Waals surface area (Å²) < 4.78 is 0. The van der Waals surface area contributed by atoms with Crippen molar-refractivity contribution in [3.63, 3.8) is 0 Å². The van der Waals surface area contributed by atoms with Gasteiger partial charge in [-0.2, -0.15) is 5.10 Å². The van der Waals surface area contributed by atoms with E-state index in [2.05, 4.69) is 15.5 Å². The highest BCUT2D eigenvalue weighted by Crippen LogP contribution is 2.08. The van der Waals surface area contributed by atoms with Crippen LogP contribution < -0.4 is 5.43 Å². The number of amides is 2. The van der Waals surface area contributed by atoms with Crippen molar-refractivity contribution in [2.45, 2.75) is 19.3 Å². The lowest BCUT2D eigenvalue weighted by Crippen LogP contribution is -2.43. The first-order valence-electron chi connectivity index (χ1n) is 6.30. The van der Waals surface area contributed by atoms with Gasteiger partial charge in [-0.3, -0.25) is 14.6 Å². The molecule has 6 heteroatoms. The molecule has 2 heterocycles. The predicted octanol–water partition coefficient (Wildman–Crippen LogP) is 0.544. The second kappa shape index (κ2) is 6.63. The summed E-state index contributed by atoms with van der Waals surface area (Å²) in [4.78, 5) is 28.8. The van der Waals surface area contributed by atoms with Gasteiger partial charge in [0.1, 0.15) is 0 Å². The number of nitrogens with one attached hydrogen (secondary N) is 1. The maximum Gasteiger partial charge on any atom is 0.329 e. The molecule has 0 aromatic carbocycles. The number of hydrogen-bond donors (Lipinski definition) is 1. The van der Waals surface area contributed by atoms with Crippen molar-refractivity contribution in [3.05, 3.63) is 30.1 Å². The molecule has 1 N–H and O–H groups in total. The highest BCUT2D eigenvalue weighted by atomic mass is 16.2. The number of carbonyl (C=O) groups is 2. The Balaban J connectivity index is 1.83. The molecule has 2 amide bonds. The molecule has 0 saturated carbocycles. The zero-order valence-electron chi connectivity index (χ0n) is 10.6. The van der Waals surface area contributed by atoms with Crippen molar-refractivity contribution in [2.24, 2.45) is 5.10 Å². The number of nitrogens with zero attached hydrogens (tertiary/aromatic N) is 3. The summed E-state index contributed by atoms with van der Waals surface area (Å²) >= 11 is 0. The molecule has 1 aliphatic heterocycles. The summed E-state index contributed by atoms with van der Waals surface area (Å²) in [6, 6.07) is 3.57. The van der Waals surface area contributed by atoms with Gasteiger partial charge in [0.2, 0.25) is 0 Å². The van der Waals surface area contributed by atoms with Crippen molar-refractivity contribution in [1.29, 1.82) is 0 Å². The Morgan fingerprint density at radius 1 is 1.32 bits per heavy atom. The van der Waals surface area contributed by atoms with Crippen molar-refractivity contribution in [3.8, 4) is 0 Å². The van der Waals surface area contributed by atoms with Gasteiger partial charge in [-0.05, 0) is 25.3 Å². The minimum absolute atomic E-state index is 0.511. The molecule has 0 bridgehead atoms. The van der Waals surface area contributed by atoms with Gasteiger partial charge in [-0.15, -0.1) is 0 Å². The fourth-order valence-electron chi connectivity index (χ4n) is 1.91. The number of carbonyl (C=O) groups excluding carboxylic acids is 2. The minimum Gasteiger partial charge on any atom is -0.334 e. The number of pyridine rings is 1. The van der Waals surface area contributed by atoms with Gasteiger partial charge in [0.05, 0.1) is 6.21 Å². The molecule has 1 saturated heterocycles. The highest BCUT2D eigenvalue weighted by molar-refractivity contribution is 6.35. The molecular formula is C13H16N4O2. The van der Waals surface area contributed by atoms with Crippen LogP contribution in [0.5, 0.6) is 0 Å². The molecule has 1 aromatic heterocycles. The molecular weight excluding hydrogens is 244 g/mol. The summed E-state index contributed by atoms with van der Waals surface area (Å²) in [6.07, 6.45) is 7.74. The minimum atomic E-state index is -0.693. The molecule has 0 atom stereocenters. The third kappa shape index (κ3) is 3.87. The standard InChI is InChI=1S/C13H16N4O2/c18-12(13(19)17-7-2-1-3-8-17)16-15-10-11-5-4-6-14-9-11/h4-6,9-10H,1-3,7-8H2,(H,16,18)/b15-10-. The van der Waals surface area contributed by atoms with Gasteiger partial charge in [0.15, 0.2) is 0 Å². The van der Waals surface area contributed by atoms with Crippen LogP contribution in [0.15, 0.2) is 29.6 Å². The van der Waals surface area contributed by atoms with Crippen molar-refractivity contribution >= 4 is 18.0 Å². The number of piperidine rings is 1. The summed E-state index contributed by atoms with van der Waals surface area (Å²) in [6.45, 7) is 1.30. The van der Waals surface area contributed by atoms with Crippen LogP contribution in [-0.2, 0) is 9.59 Å². The Hall–Kier alpha value is -2.24. The van der Waals surface area contributed by atoms with E-state index < -0.39 is 11.8 Å². The smallest absolute Gasteiger partial charge is 0.329 e. The second-order valence-corrected chi connectivity index (χ2v) is 4.34. The van der Waals surface area contributed by atoms with E-state index in [1.54, 1.807) is 29.4 Å². The van der Waals surface area contributed by atoms with Crippen molar-refractivity contribution in [2.75, 3.05) is 13.1 Å². The van der Waals surface area contributed by atoms with E-state index >= 15 is 0 Å². The first-order valence-corrected chi connectivity index (χ1v) is 6.30. The molecule has 100 valence electrons. The molecule has 1 fully saturated rings. The number of likely N-dealkylation sites (tertiary alicyclic amines) is 1. The van der Waals surface area contributed by atoms with Gasteiger partial charge in [-0.1, -0.05) is 6.07 Å². The van der Waals surface area contributed by atoms with E-state index in [0.29, 0.717) is 13.1 Å². The molecule has 2 rings (SSSR count). The number of hydrazone groups is 1. The monoisotopic (exact) mass is 260 g/mol. The van der Waals surface area contributed by atoms with E-state index in [1.807, 2.05) is 0 Å². The van der Waals surface area contributed by atoms with Gasteiger partial charge in [-0.25, -0.2) is 5.43 Å². The molecule has 0 radical (unpaired) electrons. The lowest BCUT2D eigenvalue weighted by molar-refractivity contribution is -0.146. The zero-order valence-corrected chi connectivity index (χ0v) is 10.6. The fraction of sp³-hybridized carbons (Fsp3) is 0.385. The largest absolute Gasteiger partial charge is 0.334 e. The summed E-state index contributed by atoms with van der Waals surface area (Å²) in [5, 5.41) is 3.75. The SMILES string of the molecule is O=C(N/N=C\c1cccnc1)C(=O)N1CCCCC1. The van der Waals surface area contributed by atoms with Crippen LogP contribution in [0.3, 0.4) is 0 Å². The van der Waals surface area contributed by atoms with Crippen LogP contribution in [0.4, 0.5) is 0 Å². The van der Waals surface area contributed by atoms with Crippen LogP contribution >= 0.6 is 0 Å². The predicted molar refractivity (Wildman–Crippen MR) is 70.4 cm³/mol. The summed E-state index contributed by atoms with van der Waals surface area (Å²) in [7, 11) is 0. The van der Waals surface area contributed by atoms with Crippen LogP contribution in [0.1, 0.15) is 24.8 Å². The molecule has 6 nitrogen and oxygen atoms in total. The quantitative estimate of drug-likeness (QED) is 0.479. The Morgan fingerprint density at radius 3 is 2.79 bits per heavy atom. The molecule has 0 unspecified atom stereocenters. The molecule has 1 aromatic rings. The molecule has 0 spiro atoms. The Kier molecular flexibility index (Phi) is 4.60. The first-order chi connectivity index (χ1) is 9.27. The van der Waals surface area contributed by atoms with Crippen LogP contribution in [0, 0.1) is 0 Å². The summed E-state index contributed by atoms with van der Waals surface area (Å²) in [5.41, 5.74) is 3.00. The van der Waals surface area contributed by atoms with Crippen LogP contribution in [0.2, 0.25) is 0 Å². The van der Waals surface area contributed by atoms with Crippen molar-refractivity contribution < 1.29 is 9.59 Å². The number of aromatic nitrogens is 1. The van der Waals surface area contributed by atoms with Gasteiger partial charge in [0.25, 0.3) is 0 Å². The Morgan fingerprint density at radius 2 is 2.11 bits per heavy atom. The van der Waals surface area contributed by atoms with E-state index in [9.17, 15) is 9.59 Å². The van der Waals surface area contributed by atoms with Gasteiger partial charge in [0, 0.05) is 31.0 Å². The van der Waals surface area contributed by atoms with E-state index in [0.717, 1.165) is 24.8 Å². The number of hydrogen-bond acceptors (Lipinski definition) is 4. The number of rotatable bonds is 2. The normalized spacial score (nSPS) is 15.5. The highest BCUT2D eigenvalue weighted by Gasteiger charge is 2.22. The average molecular weight is 260 g/mol. The zero-order chi connectivity index (χ0) is 13.5. The lowest BCUT2D eigenvalue weighted by Gasteiger charge is -2.25. The maximum atomic E-state index is 11.8. The third-order valence-corrected chi connectivity index (χ3v) is 2.90. The molecule has 0 aliphatic carbocycles. The molecule has 1 aliphatic rings. The third-order valence-electron chi connectivity index (χ3n) is 2.90. The van der Waals surface area contributed by atoms with E-state index in [-0.39, 0.29) is 0 Å².